The Labute approximate surface area is 136 Å². The quantitative estimate of drug-likeness (QED) is 0.328. The lowest BCUT2D eigenvalue weighted by atomic mass is 10.2. The molecule has 0 amide bonds. The number of nitro groups is 1. The summed E-state index contributed by atoms with van der Waals surface area (Å²) in [5.41, 5.74) is 0.871. The maximum absolute atomic E-state index is 10.8. The summed E-state index contributed by atoms with van der Waals surface area (Å²) in [6.45, 7) is 0. The number of nitrogens with zero attached hydrogens (tertiary/aromatic N) is 2. The van der Waals surface area contributed by atoms with Crippen molar-refractivity contribution in [3.8, 4) is 5.75 Å². The number of benzene rings is 2. The molecule has 0 atom stereocenters. The van der Waals surface area contributed by atoms with E-state index in [0.29, 0.717) is 5.69 Å². The van der Waals surface area contributed by atoms with Gasteiger partial charge in [0, 0.05) is 27.5 Å². The van der Waals surface area contributed by atoms with Crippen LogP contribution >= 0.6 is 38.5 Å². The Balaban J connectivity index is 2.37. The van der Waals surface area contributed by atoms with Gasteiger partial charge in [-0.2, -0.15) is 0 Å². The predicted molar refractivity (Wildman–Crippen MR) is 88.9 cm³/mol. The van der Waals surface area contributed by atoms with Crippen LogP contribution in [0.4, 0.5) is 11.4 Å². The number of phenolic OH excluding ortho intramolecular Hbond substituents is 1. The van der Waals surface area contributed by atoms with Crippen LogP contribution in [0, 0.1) is 13.7 Å². The molecule has 20 heavy (non-hydrogen) atoms. The summed E-state index contributed by atoms with van der Waals surface area (Å²) in [5, 5.41) is 20.7. The van der Waals surface area contributed by atoms with Crippen molar-refractivity contribution in [1.29, 1.82) is 0 Å². The molecule has 0 spiro atoms. The number of halogens is 2. The van der Waals surface area contributed by atoms with Crippen LogP contribution in [0.5, 0.6) is 5.75 Å². The van der Waals surface area contributed by atoms with Gasteiger partial charge in [-0.05, 0) is 62.8 Å². The van der Waals surface area contributed by atoms with Gasteiger partial charge in [0.05, 0.1) is 15.1 Å². The largest absolute Gasteiger partial charge is 0.506 e. The van der Waals surface area contributed by atoms with Gasteiger partial charge in [-0.15, -0.1) is 0 Å². The van der Waals surface area contributed by atoms with Crippen LogP contribution in [0.15, 0.2) is 45.9 Å². The molecule has 0 aliphatic rings. The molecule has 0 saturated heterocycles. The fourth-order valence-electron chi connectivity index (χ4n) is 1.48. The lowest BCUT2D eigenvalue weighted by molar-refractivity contribution is -0.385. The lowest BCUT2D eigenvalue weighted by Gasteiger charge is -2.02. The van der Waals surface area contributed by atoms with E-state index in [-0.39, 0.29) is 21.5 Å². The highest BCUT2D eigenvalue weighted by atomic mass is 127. The second-order valence-corrected chi connectivity index (χ2v) is 5.96. The molecule has 0 heterocycles. The fraction of sp³-hybridized carbons (Fsp3) is 0. The van der Waals surface area contributed by atoms with Crippen LogP contribution in [-0.4, -0.2) is 16.2 Å². The predicted octanol–water partition coefficient (Wildman–Crippen LogP) is 4.42. The first-order valence-electron chi connectivity index (χ1n) is 5.44. The van der Waals surface area contributed by atoms with Crippen molar-refractivity contribution in [1.82, 2.24) is 0 Å². The first-order valence-corrected chi connectivity index (χ1v) is 7.31. The minimum absolute atomic E-state index is 0.0788. The molecule has 2 rings (SSSR count). The Hall–Kier alpha value is -1.48. The van der Waals surface area contributed by atoms with Crippen LogP contribution in [0.3, 0.4) is 0 Å². The third-order valence-electron chi connectivity index (χ3n) is 2.47. The van der Waals surface area contributed by atoms with E-state index in [4.69, 9.17) is 0 Å². The summed E-state index contributed by atoms with van der Waals surface area (Å²) in [6, 6.07) is 9.96. The Morgan fingerprint density at radius 1 is 1.30 bits per heavy atom. The minimum Gasteiger partial charge on any atom is -0.506 e. The number of non-ortho nitro benzene ring substituents is 1. The van der Waals surface area contributed by atoms with Crippen LogP contribution in [0.1, 0.15) is 5.56 Å². The smallest absolute Gasteiger partial charge is 0.271 e. The number of hydrogen-bond donors (Lipinski definition) is 1. The maximum Gasteiger partial charge on any atom is 0.271 e. The van der Waals surface area contributed by atoms with Crippen molar-refractivity contribution in [2.24, 2.45) is 4.99 Å². The second-order valence-electron chi connectivity index (χ2n) is 3.86. The Bertz CT molecular complexity index is 687. The maximum atomic E-state index is 10.8. The molecule has 2 aromatic carbocycles. The first kappa shape index (κ1) is 14.9. The van der Waals surface area contributed by atoms with Gasteiger partial charge in [-0.1, -0.05) is 0 Å². The molecule has 7 heteroatoms. The van der Waals surface area contributed by atoms with Gasteiger partial charge in [0.1, 0.15) is 5.75 Å². The molecule has 5 nitrogen and oxygen atoms in total. The molecule has 102 valence electrons. The van der Waals surface area contributed by atoms with Gasteiger partial charge in [0.2, 0.25) is 0 Å². The van der Waals surface area contributed by atoms with Gasteiger partial charge in [-0.25, -0.2) is 0 Å². The molecular weight excluding hydrogens is 439 g/mol. The number of rotatable bonds is 3. The molecule has 0 radical (unpaired) electrons. The first-order chi connectivity index (χ1) is 9.47. The van der Waals surface area contributed by atoms with Crippen molar-refractivity contribution in [2.75, 3.05) is 0 Å². The van der Waals surface area contributed by atoms with Crippen LogP contribution in [0.25, 0.3) is 0 Å². The number of phenols is 1. The molecule has 0 bridgehead atoms. The Morgan fingerprint density at radius 2 is 1.95 bits per heavy atom. The molecule has 0 saturated carbocycles. The average molecular weight is 447 g/mol. The number of nitro benzene ring substituents is 1. The van der Waals surface area contributed by atoms with Crippen molar-refractivity contribution >= 4 is 56.1 Å². The van der Waals surface area contributed by atoms with Crippen LogP contribution in [-0.2, 0) is 0 Å². The summed E-state index contributed by atoms with van der Waals surface area (Å²) >= 11 is 5.27. The third kappa shape index (κ3) is 3.54. The SMILES string of the molecule is O=[N+]([O-])c1cc(Br)c(O)c(C=Nc2ccc(I)cc2)c1. The topological polar surface area (TPSA) is 75.7 Å². The highest BCUT2D eigenvalue weighted by Gasteiger charge is 2.13. The van der Waals surface area contributed by atoms with Gasteiger partial charge in [0.15, 0.2) is 0 Å². The molecule has 0 unspecified atom stereocenters. The molecule has 1 N–H and O–H groups in total. The Kier molecular flexibility index (Phi) is 4.71. The highest BCUT2D eigenvalue weighted by molar-refractivity contribution is 14.1. The lowest BCUT2D eigenvalue weighted by Crippen LogP contribution is -1.91. The van der Waals surface area contributed by atoms with Gasteiger partial charge in [0.25, 0.3) is 5.69 Å². The molecule has 0 aliphatic carbocycles. The van der Waals surface area contributed by atoms with E-state index in [2.05, 4.69) is 43.5 Å². The number of aliphatic imine (C=N–C) groups is 1. The van der Waals surface area contributed by atoms with E-state index in [1.807, 2.05) is 24.3 Å². The molecule has 0 aliphatic heterocycles. The zero-order valence-corrected chi connectivity index (χ0v) is 13.7. The summed E-state index contributed by atoms with van der Waals surface area (Å²) < 4.78 is 1.35. The van der Waals surface area contributed by atoms with Gasteiger partial charge in [-0.3, -0.25) is 15.1 Å². The monoisotopic (exact) mass is 446 g/mol. The summed E-state index contributed by atoms with van der Waals surface area (Å²) in [5.74, 6) is -0.0788. The summed E-state index contributed by atoms with van der Waals surface area (Å²) in [7, 11) is 0. The third-order valence-corrected chi connectivity index (χ3v) is 3.79. The van der Waals surface area contributed by atoms with E-state index >= 15 is 0 Å². The highest BCUT2D eigenvalue weighted by Crippen LogP contribution is 2.31. The zero-order chi connectivity index (χ0) is 14.7. The molecular formula is C13H8BrIN2O3. The van der Waals surface area contributed by atoms with E-state index in [0.717, 1.165) is 3.57 Å². The summed E-state index contributed by atoms with van der Waals surface area (Å²) in [4.78, 5) is 14.5. The zero-order valence-electron chi connectivity index (χ0n) is 9.96. The van der Waals surface area contributed by atoms with Gasteiger partial charge >= 0.3 is 0 Å². The van der Waals surface area contributed by atoms with E-state index < -0.39 is 4.92 Å². The number of aromatic hydroxyl groups is 1. The normalized spacial score (nSPS) is 10.9. The second kappa shape index (κ2) is 6.31. The average Bonchev–Trinajstić information content (AvgIpc) is 2.42. The summed E-state index contributed by atoms with van der Waals surface area (Å²) in [6.07, 6.45) is 1.40. The molecule has 0 fully saturated rings. The van der Waals surface area contributed by atoms with Crippen LogP contribution in [0.2, 0.25) is 0 Å². The standard InChI is InChI=1S/C13H8BrIN2O3/c14-12-6-11(17(19)20)5-8(13(12)18)7-16-10-3-1-9(15)2-4-10/h1-7,18H. The molecule has 2 aromatic rings. The Morgan fingerprint density at radius 3 is 2.55 bits per heavy atom. The molecule has 0 aromatic heterocycles. The fourth-order valence-corrected chi connectivity index (χ4v) is 2.30. The van der Waals surface area contributed by atoms with E-state index in [9.17, 15) is 15.2 Å². The van der Waals surface area contributed by atoms with E-state index in [1.165, 1.54) is 18.3 Å². The van der Waals surface area contributed by atoms with Crippen molar-refractivity contribution in [2.45, 2.75) is 0 Å². The number of hydrogen-bond acceptors (Lipinski definition) is 4. The van der Waals surface area contributed by atoms with Crippen molar-refractivity contribution in [3.05, 3.63) is 60.1 Å². The minimum atomic E-state index is -0.521. The van der Waals surface area contributed by atoms with Crippen LogP contribution < -0.4 is 0 Å². The van der Waals surface area contributed by atoms with Crippen molar-refractivity contribution in [3.63, 3.8) is 0 Å². The van der Waals surface area contributed by atoms with Crippen molar-refractivity contribution < 1.29 is 10.0 Å². The van der Waals surface area contributed by atoms with Gasteiger partial charge < -0.3 is 5.11 Å². The van der Waals surface area contributed by atoms with E-state index in [1.54, 1.807) is 0 Å².